The Morgan fingerprint density at radius 3 is 2.73 bits per heavy atom. The number of carbonyl (C=O) groups is 3. The number of likely N-dealkylation sites (tertiary alicyclic amines) is 1. The Bertz CT molecular complexity index is 546. The van der Waals surface area contributed by atoms with Crippen LogP contribution in [-0.2, 0) is 16.1 Å². The normalized spacial score (nSPS) is 18.5. The number of ether oxygens (including phenoxy) is 1. The monoisotopic (exact) mass is 306 g/mol. The summed E-state index contributed by atoms with van der Waals surface area (Å²) >= 11 is 0. The van der Waals surface area contributed by atoms with E-state index in [1.165, 1.54) is 0 Å². The van der Waals surface area contributed by atoms with Crippen LogP contribution in [0.2, 0.25) is 0 Å². The lowest BCUT2D eigenvalue weighted by Gasteiger charge is -2.21. The van der Waals surface area contributed by atoms with E-state index in [0.29, 0.717) is 0 Å². The maximum absolute atomic E-state index is 11.8. The van der Waals surface area contributed by atoms with Crippen LogP contribution in [0, 0.1) is 0 Å². The third-order valence-electron chi connectivity index (χ3n) is 3.38. The van der Waals surface area contributed by atoms with E-state index in [4.69, 9.17) is 9.84 Å². The van der Waals surface area contributed by atoms with Crippen LogP contribution < -0.4 is 5.32 Å². The fourth-order valence-electron chi connectivity index (χ4n) is 2.26. The van der Waals surface area contributed by atoms with Crippen LogP contribution in [0.15, 0.2) is 30.3 Å². The van der Waals surface area contributed by atoms with Crippen molar-refractivity contribution in [1.29, 1.82) is 0 Å². The first-order chi connectivity index (χ1) is 10.5. The molecule has 1 aliphatic heterocycles. The van der Waals surface area contributed by atoms with Crippen molar-refractivity contribution in [3.05, 3.63) is 35.9 Å². The van der Waals surface area contributed by atoms with Gasteiger partial charge in [-0.3, -0.25) is 4.79 Å². The predicted octanol–water partition coefficient (Wildman–Crippen LogP) is 1.62. The average Bonchev–Trinajstić information content (AvgIpc) is 2.68. The molecule has 1 aromatic carbocycles. The van der Waals surface area contributed by atoms with Crippen LogP contribution >= 0.6 is 0 Å². The molecule has 2 rings (SSSR count). The molecule has 0 saturated carbocycles. The third-order valence-corrected chi connectivity index (χ3v) is 3.38. The van der Waals surface area contributed by atoms with Crippen molar-refractivity contribution >= 4 is 18.0 Å². The SMILES string of the molecule is O=C1CCN(C(=O)O)CC(NC(=O)OCc2ccccc2)C1. The van der Waals surface area contributed by atoms with E-state index in [2.05, 4.69) is 5.32 Å². The van der Waals surface area contributed by atoms with Crippen molar-refractivity contribution in [2.75, 3.05) is 13.1 Å². The predicted molar refractivity (Wildman–Crippen MR) is 77.4 cm³/mol. The van der Waals surface area contributed by atoms with Gasteiger partial charge in [-0.25, -0.2) is 9.59 Å². The number of carbonyl (C=O) groups excluding carboxylic acids is 2. The summed E-state index contributed by atoms with van der Waals surface area (Å²) in [4.78, 5) is 35.5. The molecule has 0 bridgehead atoms. The molecule has 1 saturated heterocycles. The van der Waals surface area contributed by atoms with Gasteiger partial charge in [0, 0.05) is 25.9 Å². The molecule has 7 heteroatoms. The number of alkyl carbamates (subject to hydrolysis) is 1. The zero-order valence-corrected chi connectivity index (χ0v) is 12.0. The lowest BCUT2D eigenvalue weighted by Crippen LogP contribution is -2.44. The van der Waals surface area contributed by atoms with E-state index in [1.807, 2.05) is 30.3 Å². The zero-order valence-electron chi connectivity index (χ0n) is 12.0. The maximum atomic E-state index is 11.8. The van der Waals surface area contributed by atoms with Gasteiger partial charge in [0.15, 0.2) is 0 Å². The van der Waals surface area contributed by atoms with Gasteiger partial charge in [0.2, 0.25) is 0 Å². The highest BCUT2D eigenvalue weighted by molar-refractivity contribution is 5.81. The fraction of sp³-hybridized carbons (Fsp3) is 0.400. The molecule has 22 heavy (non-hydrogen) atoms. The van der Waals surface area contributed by atoms with Gasteiger partial charge in [-0.2, -0.15) is 0 Å². The highest BCUT2D eigenvalue weighted by atomic mass is 16.5. The van der Waals surface area contributed by atoms with E-state index in [-0.39, 0.29) is 38.3 Å². The molecule has 1 aromatic rings. The summed E-state index contributed by atoms with van der Waals surface area (Å²) in [6.45, 7) is 0.364. The number of rotatable bonds is 3. The quantitative estimate of drug-likeness (QED) is 0.884. The molecule has 1 unspecified atom stereocenters. The Balaban J connectivity index is 1.86. The van der Waals surface area contributed by atoms with Gasteiger partial charge in [0.05, 0.1) is 6.04 Å². The molecule has 118 valence electrons. The molecule has 2 amide bonds. The molecule has 0 aromatic heterocycles. The van der Waals surface area contributed by atoms with E-state index in [9.17, 15) is 14.4 Å². The largest absolute Gasteiger partial charge is 0.465 e. The second kappa shape index (κ2) is 7.44. The number of hydrogen-bond donors (Lipinski definition) is 2. The third kappa shape index (κ3) is 4.76. The van der Waals surface area contributed by atoms with Crippen molar-refractivity contribution in [3.8, 4) is 0 Å². The van der Waals surface area contributed by atoms with Crippen molar-refractivity contribution in [2.45, 2.75) is 25.5 Å². The number of carboxylic acid groups (broad SMARTS) is 1. The summed E-state index contributed by atoms with van der Waals surface area (Å²) in [5, 5.41) is 11.6. The molecule has 1 heterocycles. The molecule has 0 spiro atoms. The number of Topliss-reactive ketones (excluding diaryl/α,β-unsaturated/α-hetero) is 1. The summed E-state index contributed by atoms with van der Waals surface area (Å²) < 4.78 is 5.08. The number of amides is 2. The zero-order chi connectivity index (χ0) is 15.9. The molecule has 1 atom stereocenters. The Morgan fingerprint density at radius 2 is 2.05 bits per heavy atom. The number of ketones is 1. The van der Waals surface area contributed by atoms with E-state index in [1.54, 1.807) is 0 Å². The van der Waals surface area contributed by atoms with Gasteiger partial charge < -0.3 is 20.1 Å². The number of nitrogens with one attached hydrogen (secondary N) is 1. The van der Waals surface area contributed by atoms with E-state index >= 15 is 0 Å². The summed E-state index contributed by atoms with van der Waals surface area (Å²) in [6.07, 6.45) is -1.47. The Labute approximate surface area is 127 Å². The number of hydrogen-bond acceptors (Lipinski definition) is 4. The van der Waals surface area contributed by atoms with Gasteiger partial charge in [0.25, 0.3) is 0 Å². The molecule has 0 aliphatic carbocycles. The van der Waals surface area contributed by atoms with E-state index < -0.39 is 18.2 Å². The number of nitrogens with zero attached hydrogens (tertiary/aromatic N) is 1. The van der Waals surface area contributed by atoms with Crippen LogP contribution in [0.1, 0.15) is 18.4 Å². The molecular formula is C15H18N2O5. The summed E-state index contributed by atoms with van der Waals surface area (Å²) in [5.41, 5.74) is 0.849. The van der Waals surface area contributed by atoms with Crippen molar-refractivity contribution in [3.63, 3.8) is 0 Å². The van der Waals surface area contributed by atoms with Crippen molar-refractivity contribution in [2.24, 2.45) is 0 Å². The maximum Gasteiger partial charge on any atom is 0.407 e. The lowest BCUT2D eigenvalue weighted by atomic mass is 10.1. The van der Waals surface area contributed by atoms with Gasteiger partial charge in [-0.05, 0) is 5.56 Å². The molecule has 0 radical (unpaired) electrons. The molecule has 1 aliphatic rings. The highest BCUT2D eigenvalue weighted by Crippen LogP contribution is 2.09. The summed E-state index contributed by atoms with van der Waals surface area (Å²) in [7, 11) is 0. The topological polar surface area (TPSA) is 95.9 Å². The fourth-order valence-corrected chi connectivity index (χ4v) is 2.26. The average molecular weight is 306 g/mol. The molecular weight excluding hydrogens is 288 g/mol. The Kier molecular flexibility index (Phi) is 5.35. The molecule has 1 fully saturated rings. The lowest BCUT2D eigenvalue weighted by molar-refractivity contribution is -0.119. The second-order valence-corrected chi connectivity index (χ2v) is 5.12. The van der Waals surface area contributed by atoms with Crippen LogP contribution in [0.3, 0.4) is 0 Å². The van der Waals surface area contributed by atoms with Crippen LogP contribution in [0.5, 0.6) is 0 Å². The molecule has 7 nitrogen and oxygen atoms in total. The number of benzene rings is 1. The van der Waals surface area contributed by atoms with Gasteiger partial charge in [-0.1, -0.05) is 30.3 Å². The first kappa shape index (κ1) is 15.8. The van der Waals surface area contributed by atoms with Gasteiger partial charge >= 0.3 is 12.2 Å². The van der Waals surface area contributed by atoms with Crippen LogP contribution in [0.25, 0.3) is 0 Å². The standard InChI is InChI=1S/C15H18N2O5/c18-13-6-7-17(15(20)21)9-12(8-13)16-14(19)22-10-11-4-2-1-3-5-11/h1-5,12H,6-10H2,(H,16,19)(H,20,21). The van der Waals surface area contributed by atoms with Crippen molar-refractivity contribution < 1.29 is 24.2 Å². The molecule has 2 N–H and O–H groups in total. The van der Waals surface area contributed by atoms with Crippen LogP contribution in [0.4, 0.5) is 9.59 Å². The van der Waals surface area contributed by atoms with Crippen molar-refractivity contribution in [1.82, 2.24) is 10.2 Å². The van der Waals surface area contributed by atoms with Gasteiger partial charge in [0.1, 0.15) is 12.4 Å². The Hall–Kier alpha value is -2.57. The van der Waals surface area contributed by atoms with E-state index in [0.717, 1.165) is 10.5 Å². The minimum atomic E-state index is -1.10. The summed E-state index contributed by atoms with van der Waals surface area (Å²) in [5.74, 6) is -0.0721. The van der Waals surface area contributed by atoms with Gasteiger partial charge in [-0.15, -0.1) is 0 Å². The minimum absolute atomic E-state index is 0.0721. The van der Waals surface area contributed by atoms with Crippen LogP contribution in [-0.4, -0.2) is 47.1 Å². The highest BCUT2D eigenvalue weighted by Gasteiger charge is 2.26. The first-order valence-electron chi connectivity index (χ1n) is 7.01. The second-order valence-electron chi connectivity index (χ2n) is 5.12. The smallest absolute Gasteiger partial charge is 0.407 e. The first-order valence-corrected chi connectivity index (χ1v) is 7.01. The minimum Gasteiger partial charge on any atom is -0.465 e. The Morgan fingerprint density at radius 1 is 1.32 bits per heavy atom. The summed E-state index contributed by atoms with van der Waals surface area (Å²) in [6, 6.07) is 8.63.